The number of amides is 2. The van der Waals surface area contributed by atoms with Gasteiger partial charge in [0, 0.05) is 13.2 Å². The fourth-order valence-corrected chi connectivity index (χ4v) is 4.99. The van der Waals surface area contributed by atoms with Gasteiger partial charge in [-0.2, -0.15) is 5.10 Å². The van der Waals surface area contributed by atoms with Crippen molar-refractivity contribution in [2.24, 2.45) is 5.10 Å². The quantitative estimate of drug-likeness (QED) is 0.290. The molecule has 1 aliphatic rings. The maximum Gasteiger partial charge on any atom is 0.263 e. The Bertz CT molecular complexity index is 1200. The molecule has 1 saturated heterocycles. The van der Waals surface area contributed by atoms with Crippen molar-refractivity contribution in [3.63, 3.8) is 0 Å². The molecule has 11 nitrogen and oxygen atoms in total. The van der Waals surface area contributed by atoms with Gasteiger partial charge in [0.15, 0.2) is 6.61 Å². The van der Waals surface area contributed by atoms with Gasteiger partial charge >= 0.3 is 0 Å². The fourth-order valence-electron chi connectivity index (χ4n) is 3.81. The molecule has 2 atom stereocenters. The molecule has 0 aliphatic carbocycles. The predicted octanol–water partition coefficient (Wildman–Crippen LogP) is 2.06. The maximum absolute atomic E-state index is 12.7. The largest absolute Gasteiger partial charge is 0.494 e. The summed E-state index contributed by atoms with van der Waals surface area (Å²) in [6.45, 7) is 4.91. The summed E-state index contributed by atoms with van der Waals surface area (Å²) in [5, 5.41) is 6.73. The first-order valence-electron chi connectivity index (χ1n) is 12.3. The number of nitrogens with one attached hydrogen (secondary N) is 2. The van der Waals surface area contributed by atoms with Crippen LogP contribution in [-0.4, -0.2) is 71.2 Å². The third-order valence-electron chi connectivity index (χ3n) is 5.68. The van der Waals surface area contributed by atoms with Gasteiger partial charge in [-0.15, -0.1) is 0 Å². The number of hydrogen-bond acceptors (Lipinski definition) is 8. The lowest BCUT2D eigenvalue weighted by Crippen LogP contribution is -2.46. The van der Waals surface area contributed by atoms with Gasteiger partial charge in [0.25, 0.3) is 11.8 Å². The highest BCUT2D eigenvalue weighted by Crippen LogP contribution is 2.24. The zero-order valence-corrected chi connectivity index (χ0v) is 22.6. The Labute approximate surface area is 223 Å². The Morgan fingerprint density at radius 2 is 1.79 bits per heavy atom. The molecular formula is C26H34N4O7S. The molecule has 2 N–H and O–H groups in total. The molecule has 0 bridgehead atoms. The van der Waals surface area contributed by atoms with E-state index in [1.807, 2.05) is 6.92 Å². The van der Waals surface area contributed by atoms with Crippen LogP contribution >= 0.6 is 0 Å². The topological polar surface area (TPSA) is 136 Å². The van der Waals surface area contributed by atoms with E-state index in [0.717, 1.165) is 30.0 Å². The average Bonchev–Trinajstić information content (AvgIpc) is 3.41. The van der Waals surface area contributed by atoms with Crippen molar-refractivity contribution in [1.29, 1.82) is 0 Å². The number of benzene rings is 2. The van der Waals surface area contributed by atoms with Crippen molar-refractivity contribution in [3.05, 3.63) is 54.1 Å². The van der Waals surface area contributed by atoms with Gasteiger partial charge < -0.3 is 19.5 Å². The van der Waals surface area contributed by atoms with E-state index in [0.29, 0.717) is 35.9 Å². The predicted molar refractivity (Wildman–Crippen MR) is 144 cm³/mol. The molecule has 0 aromatic heterocycles. The highest BCUT2D eigenvalue weighted by atomic mass is 32.2. The Morgan fingerprint density at radius 1 is 1.13 bits per heavy atom. The molecule has 2 amide bonds. The van der Waals surface area contributed by atoms with Gasteiger partial charge in [0.1, 0.15) is 17.5 Å². The monoisotopic (exact) mass is 546 g/mol. The van der Waals surface area contributed by atoms with E-state index in [1.165, 1.54) is 13.1 Å². The molecule has 1 aliphatic heterocycles. The van der Waals surface area contributed by atoms with E-state index >= 15 is 0 Å². The normalized spacial score (nSPS) is 16.1. The molecule has 12 heteroatoms. The van der Waals surface area contributed by atoms with Gasteiger partial charge in [0.2, 0.25) is 10.0 Å². The number of hydrogen-bond donors (Lipinski definition) is 2. The van der Waals surface area contributed by atoms with Crippen molar-refractivity contribution in [2.45, 2.75) is 38.8 Å². The number of nitrogens with zero attached hydrogens (tertiary/aromatic N) is 2. The second kappa shape index (κ2) is 13.8. The molecule has 1 fully saturated rings. The summed E-state index contributed by atoms with van der Waals surface area (Å²) in [6, 6.07) is 12.2. The molecule has 206 valence electrons. The van der Waals surface area contributed by atoms with Crippen molar-refractivity contribution < 1.29 is 32.2 Å². The molecule has 0 unspecified atom stereocenters. The highest BCUT2D eigenvalue weighted by molar-refractivity contribution is 7.92. The fraction of sp³-hybridized carbons (Fsp3) is 0.423. The van der Waals surface area contributed by atoms with Crippen LogP contribution in [0.15, 0.2) is 53.6 Å². The van der Waals surface area contributed by atoms with E-state index in [-0.39, 0.29) is 18.6 Å². The number of hydrazone groups is 1. The Kier molecular flexibility index (Phi) is 10.5. The zero-order chi connectivity index (χ0) is 27.5. The summed E-state index contributed by atoms with van der Waals surface area (Å²) in [5.41, 5.74) is 3.38. The summed E-state index contributed by atoms with van der Waals surface area (Å²) in [7, 11) is -3.76. The lowest BCUT2D eigenvalue weighted by Gasteiger charge is -2.27. The van der Waals surface area contributed by atoms with Crippen LogP contribution in [0.4, 0.5) is 5.69 Å². The van der Waals surface area contributed by atoms with Crippen LogP contribution < -0.4 is 24.5 Å². The standard InChI is InChI=1S/C26H34N4O7S/c1-4-35-22-13-9-21(10-14-22)30(38(3,33)34)19(2)26(32)29-28-16-20-7-11-23(12-8-20)37-18-25(31)27-17-24-6-5-15-36-24/h7-14,16,19,24H,4-6,15,17-18H2,1-3H3,(H,27,31)(H,29,32)/b28-16-/t19-,24-/m1/s1. The second-order valence-corrected chi connectivity index (χ2v) is 10.6. The van der Waals surface area contributed by atoms with E-state index in [1.54, 1.807) is 48.5 Å². The Hall–Kier alpha value is -3.64. The summed E-state index contributed by atoms with van der Waals surface area (Å²) >= 11 is 0. The summed E-state index contributed by atoms with van der Waals surface area (Å²) < 4.78 is 42.3. The van der Waals surface area contributed by atoms with Gasteiger partial charge in [-0.1, -0.05) is 0 Å². The van der Waals surface area contributed by atoms with E-state index in [2.05, 4.69) is 15.8 Å². The smallest absolute Gasteiger partial charge is 0.263 e. The molecular weight excluding hydrogens is 512 g/mol. The maximum atomic E-state index is 12.7. The van der Waals surface area contributed by atoms with Crippen LogP contribution in [-0.2, 0) is 24.3 Å². The minimum absolute atomic E-state index is 0.0719. The van der Waals surface area contributed by atoms with Crippen molar-refractivity contribution in [1.82, 2.24) is 10.7 Å². The molecule has 0 radical (unpaired) electrons. The van der Waals surface area contributed by atoms with Crippen LogP contribution in [0, 0.1) is 0 Å². The average molecular weight is 547 g/mol. The number of ether oxygens (including phenoxy) is 3. The van der Waals surface area contributed by atoms with Crippen LogP contribution in [0.5, 0.6) is 11.5 Å². The van der Waals surface area contributed by atoms with Gasteiger partial charge in [-0.05, 0) is 80.8 Å². The third-order valence-corrected chi connectivity index (χ3v) is 6.92. The Morgan fingerprint density at radius 3 is 2.39 bits per heavy atom. The molecule has 2 aromatic rings. The van der Waals surface area contributed by atoms with Crippen LogP contribution in [0.1, 0.15) is 32.3 Å². The minimum Gasteiger partial charge on any atom is -0.494 e. The lowest BCUT2D eigenvalue weighted by atomic mass is 10.2. The SMILES string of the molecule is CCOc1ccc(N([C@H](C)C(=O)N/N=C\c2ccc(OCC(=O)NC[C@H]3CCCO3)cc2)S(C)(=O)=O)cc1. The number of anilines is 1. The Balaban J connectivity index is 1.50. The molecule has 38 heavy (non-hydrogen) atoms. The lowest BCUT2D eigenvalue weighted by molar-refractivity contribution is -0.123. The summed E-state index contributed by atoms with van der Waals surface area (Å²) in [6.07, 6.45) is 4.49. The van der Waals surface area contributed by atoms with Crippen molar-refractivity contribution in [2.75, 3.05) is 36.9 Å². The van der Waals surface area contributed by atoms with Crippen LogP contribution in [0.2, 0.25) is 0 Å². The van der Waals surface area contributed by atoms with E-state index in [4.69, 9.17) is 14.2 Å². The van der Waals surface area contributed by atoms with Crippen molar-refractivity contribution in [3.8, 4) is 11.5 Å². The number of carbonyl (C=O) groups is 2. The van der Waals surface area contributed by atoms with Gasteiger partial charge in [-0.25, -0.2) is 13.8 Å². The molecule has 3 rings (SSSR count). The number of sulfonamides is 1. The first kappa shape index (κ1) is 28.9. The third kappa shape index (κ3) is 8.73. The summed E-state index contributed by atoms with van der Waals surface area (Å²) in [4.78, 5) is 24.6. The molecule has 0 spiro atoms. The van der Waals surface area contributed by atoms with Crippen molar-refractivity contribution >= 4 is 33.7 Å². The number of carbonyl (C=O) groups excluding carboxylic acids is 2. The van der Waals surface area contributed by atoms with Crippen LogP contribution in [0.3, 0.4) is 0 Å². The molecule has 2 aromatic carbocycles. The van der Waals surface area contributed by atoms with Gasteiger partial charge in [0.05, 0.1) is 30.9 Å². The summed E-state index contributed by atoms with van der Waals surface area (Å²) in [5.74, 6) is 0.276. The van der Waals surface area contributed by atoms with Gasteiger partial charge in [-0.3, -0.25) is 13.9 Å². The first-order valence-corrected chi connectivity index (χ1v) is 14.2. The second-order valence-electron chi connectivity index (χ2n) is 8.69. The first-order chi connectivity index (χ1) is 18.2. The molecule has 1 heterocycles. The highest BCUT2D eigenvalue weighted by Gasteiger charge is 2.29. The molecule has 0 saturated carbocycles. The van der Waals surface area contributed by atoms with E-state index in [9.17, 15) is 18.0 Å². The van der Waals surface area contributed by atoms with Crippen LogP contribution in [0.25, 0.3) is 0 Å². The minimum atomic E-state index is -3.76. The van der Waals surface area contributed by atoms with E-state index < -0.39 is 22.0 Å². The zero-order valence-electron chi connectivity index (χ0n) is 21.8. The number of rotatable bonds is 13.